The lowest BCUT2D eigenvalue weighted by Gasteiger charge is -2.13. The van der Waals surface area contributed by atoms with Crippen molar-refractivity contribution in [3.63, 3.8) is 0 Å². The molecule has 0 unspecified atom stereocenters. The standard InChI is InChI=1S/C17H15FN2O/c1-11-10-14(18)6-7-15(11)12-2-4-13(5-3-12)16-8-9-17(21)20-19-16/h2-7,10H,8-9H2,1H3,(H,20,21). The smallest absolute Gasteiger partial charge is 0.240 e. The maximum atomic E-state index is 13.2. The maximum absolute atomic E-state index is 13.2. The van der Waals surface area contributed by atoms with Gasteiger partial charge in [0, 0.05) is 12.8 Å². The minimum Gasteiger partial charge on any atom is -0.273 e. The average Bonchev–Trinajstić information content (AvgIpc) is 2.48. The highest BCUT2D eigenvalue weighted by Crippen LogP contribution is 2.25. The summed E-state index contributed by atoms with van der Waals surface area (Å²) in [5, 5.41) is 4.08. The molecule has 3 rings (SSSR count). The second-order valence-electron chi connectivity index (χ2n) is 5.13. The molecule has 1 aliphatic heterocycles. The lowest BCUT2D eigenvalue weighted by atomic mass is 9.97. The van der Waals surface area contributed by atoms with Crippen LogP contribution in [0.3, 0.4) is 0 Å². The van der Waals surface area contributed by atoms with Gasteiger partial charge in [0.15, 0.2) is 0 Å². The first kappa shape index (κ1) is 13.5. The number of aryl methyl sites for hydroxylation is 1. The number of carbonyl (C=O) groups excluding carboxylic acids is 1. The van der Waals surface area contributed by atoms with E-state index in [1.54, 1.807) is 6.07 Å². The summed E-state index contributed by atoms with van der Waals surface area (Å²) in [6.45, 7) is 1.90. The molecule has 1 aliphatic rings. The monoisotopic (exact) mass is 282 g/mol. The van der Waals surface area contributed by atoms with E-state index in [1.165, 1.54) is 12.1 Å². The number of hydrazone groups is 1. The van der Waals surface area contributed by atoms with Crippen molar-refractivity contribution in [3.05, 3.63) is 59.4 Å². The fourth-order valence-corrected chi connectivity index (χ4v) is 2.48. The molecule has 3 nitrogen and oxygen atoms in total. The van der Waals surface area contributed by atoms with Crippen LogP contribution in [-0.2, 0) is 4.79 Å². The zero-order valence-corrected chi connectivity index (χ0v) is 11.7. The molecule has 0 atom stereocenters. The van der Waals surface area contributed by atoms with Crippen molar-refractivity contribution in [1.82, 2.24) is 5.43 Å². The van der Waals surface area contributed by atoms with Crippen molar-refractivity contribution < 1.29 is 9.18 Å². The summed E-state index contributed by atoms with van der Waals surface area (Å²) in [6.07, 6.45) is 1.12. The van der Waals surface area contributed by atoms with E-state index in [1.807, 2.05) is 31.2 Å². The Morgan fingerprint density at radius 3 is 2.38 bits per heavy atom. The number of hydrogen-bond acceptors (Lipinski definition) is 2. The normalized spacial score (nSPS) is 14.6. The highest BCUT2D eigenvalue weighted by molar-refractivity contribution is 6.04. The Morgan fingerprint density at radius 1 is 1.05 bits per heavy atom. The number of amides is 1. The summed E-state index contributed by atoms with van der Waals surface area (Å²) in [5.41, 5.74) is 7.35. The number of nitrogens with zero attached hydrogens (tertiary/aromatic N) is 1. The predicted octanol–water partition coefficient (Wildman–Crippen LogP) is 3.42. The first-order chi connectivity index (χ1) is 10.1. The first-order valence-electron chi connectivity index (χ1n) is 6.86. The van der Waals surface area contributed by atoms with E-state index in [2.05, 4.69) is 10.5 Å². The molecule has 1 N–H and O–H groups in total. The molecule has 1 amide bonds. The van der Waals surface area contributed by atoms with Crippen LogP contribution in [0, 0.1) is 12.7 Å². The van der Waals surface area contributed by atoms with Crippen molar-refractivity contribution in [3.8, 4) is 11.1 Å². The summed E-state index contributed by atoms with van der Waals surface area (Å²) in [5.74, 6) is -0.266. The van der Waals surface area contributed by atoms with Gasteiger partial charge in [-0.15, -0.1) is 0 Å². The van der Waals surface area contributed by atoms with E-state index in [4.69, 9.17) is 0 Å². The van der Waals surface area contributed by atoms with E-state index < -0.39 is 0 Å². The molecule has 1 heterocycles. The molecule has 2 aromatic carbocycles. The van der Waals surface area contributed by atoms with Crippen molar-refractivity contribution in [2.45, 2.75) is 19.8 Å². The van der Waals surface area contributed by atoms with Crippen LogP contribution >= 0.6 is 0 Å². The molecule has 0 spiro atoms. The van der Waals surface area contributed by atoms with Gasteiger partial charge >= 0.3 is 0 Å². The van der Waals surface area contributed by atoms with Crippen LogP contribution in [0.2, 0.25) is 0 Å². The molecule has 0 aromatic heterocycles. The highest BCUT2D eigenvalue weighted by atomic mass is 19.1. The number of hydrogen-bond donors (Lipinski definition) is 1. The van der Waals surface area contributed by atoms with Gasteiger partial charge < -0.3 is 0 Å². The van der Waals surface area contributed by atoms with Gasteiger partial charge in [0.05, 0.1) is 5.71 Å². The number of carbonyl (C=O) groups is 1. The molecule has 0 radical (unpaired) electrons. The number of halogens is 1. The SMILES string of the molecule is Cc1cc(F)ccc1-c1ccc(C2=NNC(=O)CC2)cc1. The van der Waals surface area contributed by atoms with Gasteiger partial charge in [-0.1, -0.05) is 30.3 Å². The molecule has 21 heavy (non-hydrogen) atoms. The quantitative estimate of drug-likeness (QED) is 0.901. The van der Waals surface area contributed by atoms with Gasteiger partial charge in [0.2, 0.25) is 5.91 Å². The topological polar surface area (TPSA) is 41.5 Å². The zero-order chi connectivity index (χ0) is 14.8. The van der Waals surface area contributed by atoms with Gasteiger partial charge in [-0.2, -0.15) is 5.10 Å². The Hall–Kier alpha value is -2.49. The molecule has 0 bridgehead atoms. The van der Waals surface area contributed by atoms with Crippen LogP contribution in [0.25, 0.3) is 11.1 Å². The van der Waals surface area contributed by atoms with Gasteiger partial charge in [0.25, 0.3) is 0 Å². The van der Waals surface area contributed by atoms with Crippen LogP contribution < -0.4 is 5.43 Å². The van der Waals surface area contributed by atoms with E-state index in [9.17, 15) is 9.18 Å². The fourth-order valence-electron chi connectivity index (χ4n) is 2.48. The molecule has 0 fully saturated rings. The van der Waals surface area contributed by atoms with Crippen LogP contribution in [-0.4, -0.2) is 11.6 Å². The first-order valence-corrected chi connectivity index (χ1v) is 6.86. The molecule has 4 heteroatoms. The third-order valence-corrected chi connectivity index (χ3v) is 3.62. The van der Waals surface area contributed by atoms with Gasteiger partial charge in [-0.05, 0) is 41.3 Å². The summed E-state index contributed by atoms with van der Waals surface area (Å²) in [7, 11) is 0. The molecular weight excluding hydrogens is 267 g/mol. The minimum atomic E-state index is -0.222. The van der Waals surface area contributed by atoms with Crippen LogP contribution in [0.5, 0.6) is 0 Å². The second-order valence-corrected chi connectivity index (χ2v) is 5.13. The van der Waals surface area contributed by atoms with Gasteiger partial charge in [-0.3, -0.25) is 4.79 Å². The summed E-state index contributed by atoms with van der Waals surface area (Å²) in [4.78, 5) is 11.1. The Morgan fingerprint density at radius 2 is 1.76 bits per heavy atom. The summed E-state index contributed by atoms with van der Waals surface area (Å²) >= 11 is 0. The maximum Gasteiger partial charge on any atom is 0.240 e. The molecule has 0 saturated heterocycles. The fraction of sp³-hybridized carbons (Fsp3) is 0.176. The number of nitrogens with one attached hydrogen (secondary N) is 1. The summed E-state index contributed by atoms with van der Waals surface area (Å²) < 4.78 is 13.2. The van der Waals surface area contributed by atoms with E-state index in [-0.39, 0.29) is 11.7 Å². The van der Waals surface area contributed by atoms with Crippen LogP contribution in [0.15, 0.2) is 47.6 Å². The molecule has 0 aliphatic carbocycles. The van der Waals surface area contributed by atoms with Crippen molar-refractivity contribution in [2.24, 2.45) is 5.10 Å². The van der Waals surface area contributed by atoms with E-state index in [0.717, 1.165) is 28.0 Å². The molecule has 106 valence electrons. The zero-order valence-electron chi connectivity index (χ0n) is 11.7. The number of benzene rings is 2. The summed E-state index contributed by atoms with van der Waals surface area (Å²) in [6, 6.07) is 12.7. The Balaban J connectivity index is 1.89. The highest BCUT2D eigenvalue weighted by Gasteiger charge is 2.13. The van der Waals surface area contributed by atoms with Crippen molar-refractivity contribution in [2.75, 3.05) is 0 Å². The van der Waals surface area contributed by atoms with Crippen LogP contribution in [0.1, 0.15) is 24.0 Å². The Labute approximate surface area is 122 Å². The molecular formula is C17H15FN2O. The van der Waals surface area contributed by atoms with Crippen molar-refractivity contribution >= 4 is 11.6 Å². The number of rotatable bonds is 2. The average molecular weight is 282 g/mol. The third kappa shape index (κ3) is 2.84. The second kappa shape index (κ2) is 5.48. The minimum absolute atomic E-state index is 0.0442. The lowest BCUT2D eigenvalue weighted by molar-refractivity contribution is -0.121. The third-order valence-electron chi connectivity index (χ3n) is 3.62. The Kier molecular flexibility index (Phi) is 3.52. The lowest BCUT2D eigenvalue weighted by Crippen LogP contribution is -2.25. The van der Waals surface area contributed by atoms with Crippen molar-refractivity contribution in [1.29, 1.82) is 0 Å². The largest absolute Gasteiger partial charge is 0.273 e. The van der Waals surface area contributed by atoms with E-state index >= 15 is 0 Å². The van der Waals surface area contributed by atoms with E-state index in [0.29, 0.717) is 12.8 Å². The predicted molar refractivity (Wildman–Crippen MR) is 80.5 cm³/mol. The van der Waals surface area contributed by atoms with Gasteiger partial charge in [-0.25, -0.2) is 9.82 Å². The molecule has 2 aromatic rings. The van der Waals surface area contributed by atoms with Crippen LogP contribution in [0.4, 0.5) is 4.39 Å². The Bertz CT molecular complexity index is 720. The van der Waals surface area contributed by atoms with Gasteiger partial charge in [0.1, 0.15) is 5.82 Å². The molecule has 0 saturated carbocycles.